The van der Waals surface area contributed by atoms with Crippen LogP contribution < -0.4 is 0 Å². The van der Waals surface area contributed by atoms with Crippen molar-refractivity contribution in [2.75, 3.05) is 12.5 Å². The number of hydrogen-bond donors (Lipinski definition) is 0. The Labute approximate surface area is 98.4 Å². The summed E-state index contributed by atoms with van der Waals surface area (Å²) < 4.78 is 30.3. The summed E-state index contributed by atoms with van der Waals surface area (Å²) in [7, 11) is 0. The molecule has 16 heavy (non-hydrogen) atoms. The minimum Gasteiger partial charge on any atom is -0.373 e. The molecule has 0 radical (unpaired) electrons. The van der Waals surface area contributed by atoms with E-state index in [-0.39, 0.29) is 11.7 Å². The van der Waals surface area contributed by atoms with E-state index >= 15 is 0 Å². The Hall–Kier alpha value is -0.670. The van der Waals surface area contributed by atoms with Gasteiger partial charge in [-0.2, -0.15) is 0 Å². The summed E-state index contributed by atoms with van der Waals surface area (Å²) in [5.41, 5.74) is 0.983. The fourth-order valence-corrected chi connectivity index (χ4v) is 2.31. The number of benzene rings is 1. The first-order chi connectivity index (χ1) is 7.72. The number of hydrogen-bond acceptors (Lipinski definition) is 1. The lowest BCUT2D eigenvalue weighted by Crippen LogP contribution is -2.08. The van der Waals surface area contributed by atoms with Gasteiger partial charge in [-0.1, -0.05) is 24.3 Å². The van der Waals surface area contributed by atoms with Crippen LogP contribution in [-0.2, 0) is 4.74 Å². The predicted octanol–water partition coefficient (Wildman–Crippen LogP) is 3.94. The van der Waals surface area contributed by atoms with E-state index in [9.17, 15) is 8.78 Å². The van der Waals surface area contributed by atoms with Gasteiger partial charge in [0.25, 0.3) is 6.43 Å². The lowest BCUT2D eigenvalue weighted by atomic mass is 9.96. The summed E-state index contributed by atoms with van der Waals surface area (Å²) in [6.07, 6.45) is -1.52. The van der Waals surface area contributed by atoms with E-state index < -0.39 is 6.43 Å². The second kappa shape index (κ2) is 5.11. The van der Waals surface area contributed by atoms with Gasteiger partial charge in [-0.15, -0.1) is 11.6 Å². The van der Waals surface area contributed by atoms with Crippen molar-refractivity contribution in [3.05, 3.63) is 35.4 Å². The topological polar surface area (TPSA) is 9.23 Å². The van der Waals surface area contributed by atoms with Gasteiger partial charge in [0.05, 0.1) is 6.10 Å². The zero-order valence-electron chi connectivity index (χ0n) is 8.70. The molecule has 0 spiro atoms. The molecule has 1 aliphatic heterocycles. The maximum atomic E-state index is 12.4. The summed E-state index contributed by atoms with van der Waals surface area (Å²) in [5, 5.41) is 0. The number of halogens is 3. The predicted molar refractivity (Wildman–Crippen MR) is 58.9 cm³/mol. The molecule has 1 aromatic rings. The van der Waals surface area contributed by atoms with E-state index in [2.05, 4.69) is 0 Å². The van der Waals surface area contributed by atoms with Crippen LogP contribution in [-0.4, -0.2) is 12.5 Å². The van der Waals surface area contributed by atoms with E-state index in [1.807, 2.05) is 0 Å². The molecule has 2 atom stereocenters. The van der Waals surface area contributed by atoms with Gasteiger partial charge in [-0.25, -0.2) is 8.78 Å². The lowest BCUT2D eigenvalue weighted by Gasteiger charge is -2.16. The minimum absolute atomic E-state index is 0.0378. The first-order valence-corrected chi connectivity index (χ1v) is 5.81. The van der Waals surface area contributed by atoms with E-state index in [0.29, 0.717) is 18.4 Å². The highest BCUT2D eigenvalue weighted by molar-refractivity contribution is 6.18. The minimum atomic E-state index is -2.41. The molecule has 1 nitrogen and oxygen atoms in total. The molecule has 0 saturated carbocycles. The molecule has 1 aromatic carbocycles. The summed E-state index contributed by atoms with van der Waals surface area (Å²) in [6.45, 7) is 0.693. The Balaban J connectivity index is 2.15. The molecule has 2 unspecified atom stereocenters. The van der Waals surface area contributed by atoms with Crippen molar-refractivity contribution in [3.63, 3.8) is 0 Å². The van der Waals surface area contributed by atoms with Crippen LogP contribution in [0.3, 0.4) is 0 Å². The molecule has 0 aromatic heterocycles. The van der Waals surface area contributed by atoms with E-state index in [1.54, 1.807) is 12.1 Å². The van der Waals surface area contributed by atoms with Crippen LogP contribution in [0, 0.1) is 5.92 Å². The van der Waals surface area contributed by atoms with Crippen molar-refractivity contribution in [3.8, 4) is 0 Å². The fourth-order valence-electron chi connectivity index (χ4n) is 1.99. The summed E-state index contributed by atoms with van der Waals surface area (Å²) in [6, 6.07) is 6.31. The molecule has 0 bridgehead atoms. The Morgan fingerprint density at radius 3 is 2.56 bits per heavy atom. The molecule has 4 heteroatoms. The first kappa shape index (κ1) is 11.8. The molecule has 1 aliphatic rings. The molecule has 1 heterocycles. The lowest BCUT2D eigenvalue weighted by molar-refractivity contribution is 0.0950. The summed E-state index contributed by atoms with van der Waals surface area (Å²) in [5.74, 6) is 0.834. The Morgan fingerprint density at radius 2 is 2.00 bits per heavy atom. The van der Waals surface area contributed by atoms with Crippen LogP contribution in [0.1, 0.15) is 30.1 Å². The monoisotopic (exact) mass is 246 g/mol. The maximum absolute atomic E-state index is 12.4. The standard InChI is InChI=1S/C12H13ClF2O/c13-7-10-5-6-16-11(10)8-1-3-9(4-2-8)12(14)15/h1-4,10-12H,5-7H2. The Morgan fingerprint density at radius 1 is 1.31 bits per heavy atom. The number of rotatable bonds is 3. The van der Waals surface area contributed by atoms with Gasteiger partial charge in [0.2, 0.25) is 0 Å². The van der Waals surface area contributed by atoms with Crippen LogP contribution in [0.15, 0.2) is 24.3 Å². The molecule has 1 saturated heterocycles. The molecular weight excluding hydrogens is 234 g/mol. The van der Waals surface area contributed by atoms with Crippen LogP contribution in [0.2, 0.25) is 0 Å². The zero-order valence-corrected chi connectivity index (χ0v) is 9.46. The third-order valence-electron chi connectivity index (χ3n) is 2.93. The molecular formula is C12H13ClF2O. The molecule has 0 aliphatic carbocycles. The quantitative estimate of drug-likeness (QED) is 0.734. The van der Waals surface area contributed by atoms with Crippen LogP contribution in [0.25, 0.3) is 0 Å². The van der Waals surface area contributed by atoms with Gasteiger partial charge in [0, 0.05) is 24.0 Å². The highest BCUT2D eigenvalue weighted by Crippen LogP contribution is 2.35. The van der Waals surface area contributed by atoms with Crippen molar-refractivity contribution in [1.82, 2.24) is 0 Å². The van der Waals surface area contributed by atoms with Gasteiger partial charge >= 0.3 is 0 Å². The van der Waals surface area contributed by atoms with Crippen molar-refractivity contribution in [2.45, 2.75) is 19.0 Å². The zero-order chi connectivity index (χ0) is 11.5. The van der Waals surface area contributed by atoms with Crippen LogP contribution in [0.5, 0.6) is 0 Å². The van der Waals surface area contributed by atoms with E-state index in [0.717, 1.165) is 12.0 Å². The van der Waals surface area contributed by atoms with Crippen LogP contribution >= 0.6 is 11.6 Å². The van der Waals surface area contributed by atoms with E-state index in [4.69, 9.17) is 16.3 Å². The largest absolute Gasteiger partial charge is 0.373 e. The summed E-state index contributed by atoms with van der Waals surface area (Å²) in [4.78, 5) is 0. The van der Waals surface area contributed by atoms with Crippen LogP contribution in [0.4, 0.5) is 8.78 Å². The molecule has 88 valence electrons. The van der Waals surface area contributed by atoms with Gasteiger partial charge in [0.1, 0.15) is 0 Å². The van der Waals surface area contributed by atoms with Crippen molar-refractivity contribution < 1.29 is 13.5 Å². The highest BCUT2D eigenvalue weighted by atomic mass is 35.5. The van der Waals surface area contributed by atoms with Crippen molar-refractivity contribution in [2.24, 2.45) is 5.92 Å². The van der Waals surface area contributed by atoms with Gasteiger partial charge in [-0.3, -0.25) is 0 Å². The smallest absolute Gasteiger partial charge is 0.263 e. The SMILES string of the molecule is FC(F)c1ccc(C2OCCC2CCl)cc1. The first-order valence-electron chi connectivity index (χ1n) is 5.28. The Kier molecular flexibility index (Phi) is 3.77. The van der Waals surface area contributed by atoms with Crippen molar-refractivity contribution >= 4 is 11.6 Å². The van der Waals surface area contributed by atoms with Gasteiger partial charge in [-0.05, 0) is 12.0 Å². The average molecular weight is 247 g/mol. The molecule has 0 amide bonds. The average Bonchev–Trinajstić information content (AvgIpc) is 2.77. The number of ether oxygens (including phenoxy) is 1. The molecule has 1 fully saturated rings. The molecule has 2 rings (SSSR count). The molecule has 0 N–H and O–H groups in total. The Bertz CT molecular complexity index is 339. The number of alkyl halides is 3. The maximum Gasteiger partial charge on any atom is 0.263 e. The third kappa shape index (κ3) is 2.36. The van der Waals surface area contributed by atoms with E-state index in [1.165, 1.54) is 12.1 Å². The second-order valence-corrected chi connectivity index (χ2v) is 4.27. The second-order valence-electron chi connectivity index (χ2n) is 3.96. The fraction of sp³-hybridized carbons (Fsp3) is 0.500. The highest BCUT2D eigenvalue weighted by Gasteiger charge is 2.28. The normalized spacial score (nSPS) is 25.2. The van der Waals surface area contributed by atoms with Gasteiger partial charge in [0.15, 0.2) is 0 Å². The summed E-state index contributed by atoms with van der Waals surface area (Å²) >= 11 is 5.83. The van der Waals surface area contributed by atoms with Gasteiger partial charge < -0.3 is 4.74 Å². The third-order valence-corrected chi connectivity index (χ3v) is 3.33. The van der Waals surface area contributed by atoms with Crippen molar-refractivity contribution in [1.29, 1.82) is 0 Å².